The van der Waals surface area contributed by atoms with E-state index in [1.165, 1.54) is 0 Å². The highest BCUT2D eigenvalue weighted by Crippen LogP contribution is 2.21. The van der Waals surface area contributed by atoms with E-state index in [1.807, 2.05) is 34.9 Å². The van der Waals surface area contributed by atoms with Crippen molar-refractivity contribution in [2.75, 3.05) is 38.0 Å². The maximum Gasteiger partial charge on any atom is 0.319 e. The summed E-state index contributed by atoms with van der Waals surface area (Å²) in [5.41, 5.74) is 1.73. The van der Waals surface area contributed by atoms with Gasteiger partial charge in [-0.25, -0.2) is 4.79 Å². The van der Waals surface area contributed by atoms with Gasteiger partial charge in [0, 0.05) is 42.3 Å². The second-order valence-corrected chi connectivity index (χ2v) is 8.32. The first-order valence-electron chi connectivity index (χ1n) is 9.81. The zero-order valence-electron chi connectivity index (χ0n) is 16.2. The molecule has 0 spiro atoms. The molecule has 4 amide bonds. The zero-order valence-corrected chi connectivity index (χ0v) is 17.8. The van der Waals surface area contributed by atoms with Crippen LogP contribution in [0.4, 0.5) is 10.5 Å². The van der Waals surface area contributed by atoms with E-state index in [-0.39, 0.29) is 30.3 Å². The van der Waals surface area contributed by atoms with Gasteiger partial charge in [-0.1, -0.05) is 15.9 Å². The van der Waals surface area contributed by atoms with E-state index >= 15 is 0 Å². The molecule has 0 radical (unpaired) electrons. The van der Waals surface area contributed by atoms with Crippen LogP contribution in [0.2, 0.25) is 0 Å². The number of amides is 4. The van der Waals surface area contributed by atoms with Crippen LogP contribution in [0.25, 0.3) is 0 Å². The Morgan fingerprint density at radius 2 is 1.71 bits per heavy atom. The first-order valence-corrected chi connectivity index (χ1v) is 10.6. The molecule has 0 aliphatic carbocycles. The van der Waals surface area contributed by atoms with Gasteiger partial charge < -0.3 is 20.4 Å². The lowest BCUT2D eigenvalue weighted by molar-refractivity contribution is -0.128. The van der Waals surface area contributed by atoms with E-state index in [0.717, 1.165) is 36.0 Å². The molecule has 152 valence electrons. The van der Waals surface area contributed by atoms with Crippen molar-refractivity contribution in [2.24, 2.45) is 5.92 Å². The van der Waals surface area contributed by atoms with Gasteiger partial charge in [0.2, 0.25) is 11.8 Å². The minimum Gasteiger partial charge on any atom is -0.347 e. The van der Waals surface area contributed by atoms with Crippen LogP contribution >= 0.6 is 15.9 Å². The van der Waals surface area contributed by atoms with Crippen LogP contribution in [0.1, 0.15) is 31.2 Å². The molecule has 8 heteroatoms. The second kappa shape index (κ2) is 9.41. The quantitative estimate of drug-likeness (QED) is 0.739. The number of rotatable bonds is 4. The van der Waals surface area contributed by atoms with Crippen molar-refractivity contribution in [1.82, 2.24) is 15.1 Å². The Bertz CT molecular complexity index is 741. The van der Waals surface area contributed by atoms with Crippen LogP contribution < -0.4 is 10.6 Å². The summed E-state index contributed by atoms with van der Waals surface area (Å²) in [7, 11) is 0. The number of anilines is 1. The van der Waals surface area contributed by atoms with Crippen molar-refractivity contribution >= 4 is 39.5 Å². The maximum atomic E-state index is 12.4. The molecule has 0 saturated carbocycles. The molecule has 3 rings (SSSR count). The lowest BCUT2D eigenvalue weighted by atomic mass is 9.96. The van der Waals surface area contributed by atoms with E-state index in [9.17, 15) is 14.4 Å². The number of hydrogen-bond acceptors (Lipinski definition) is 3. The molecule has 0 atom stereocenters. The third-order valence-electron chi connectivity index (χ3n) is 5.38. The summed E-state index contributed by atoms with van der Waals surface area (Å²) >= 11 is 3.42. The normalized spacial score (nSPS) is 17.5. The number of nitrogens with one attached hydrogen (secondary N) is 2. The van der Waals surface area contributed by atoms with Gasteiger partial charge in [-0.3, -0.25) is 9.59 Å². The summed E-state index contributed by atoms with van der Waals surface area (Å²) in [6.45, 7) is 4.76. The summed E-state index contributed by atoms with van der Waals surface area (Å²) in [5, 5.41) is 5.51. The fraction of sp³-hybridized carbons (Fsp3) is 0.550. The molecule has 2 heterocycles. The fourth-order valence-corrected chi connectivity index (χ4v) is 3.93. The van der Waals surface area contributed by atoms with E-state index in [4.69, 9.17) is 0 Å². The van der Waals surface area contributed by atoms with Crippen LogP contribution in [0.15, 0.2) is 22.7 Å². The van der Waals surface area contributed by atoms with Gasteiger partial charge in [0.15, 0.2) is 0 Å². The topological polar surface area (TPSA) is 81.8 Å². The lowest BCUT2D eigenvalue weighted by Gasteiger charge is -2.34. The van der Waals surface area contributed by atoms with Gasteiger partial charge in [-0.2, -0.15) is 0 Å². The molecular formula is C20H27BrN4O3. The molecule has 2 saturated heterocycles. The molecule has 0 unspecified atom stereocenters. The number of carbonyl (C=O) groups is 3. The molecule has 0 bridgehead atoms. The van der Waals surface area contributed by atoms with Crippen LogP contribution in [0, 0.1) is 12.8 Å². The monoisotopic (exact) mass is 450 g/mol. The summed E-state index contributed by atoms with van der Waals surface area (Å²) in [4.78, 5) is 40.6. The second-order valence-electron chi connectivity index (χ2n) is 7.47. The van der Waals surface area contributed by atoms with Gasteiger partial charge in [-0.15, -0.1) is 0 Å². The first-order chi connectivity index (χ1) is 13.4. The molecule has 1 aromatic rings. The molecule has 2 aliphatic rings. The number of halogens is 1. The Kier molecular flexibility index (Phi) is 6.93. The number of piperidine rings is 1. The number of aryl methyl sites for hydroxylation is 1. The van der Waals surface area contributed by atoms with Crippen molar-refractivity contribution in [3.63, 3.8) is 0 Å². The summed E-state index contributed by atoms with van der Waals surface area (Å²) in [6.07, 6.45) is 3.43. The predicted octanol–water partition coefficient (Wildman–Crippen LogP) is 2.74. The van der Waals surface area contributed by atoms with E-state index in [2.05, 4.69) is 26.6 Å². The van der Waals surface area contributed by atoms with Crippen LogP contribution in [-0.2, 0) is 9.59 Å². The number of likely N-dealkylation sites (tertiary alicyclic amines) is 2. The van der Waals surface area contributed by atoms with Gasteiger partial charge in [0.1, 0.15) is 0 Å². The van der Waals surface area contributed by atoms with Crippen molar-refractivity contribution in [3.05, 3.63) is 28.2 Å². The average molecular weight is 451 g/mol. The zero-order chi connectivity index (χ0) is 20.1. The number of hydrogen-bond donors (Lipinski definition) is 2. The van der Waals surface area contributed by atoms with Gasteiger partial charge in [-0.05, 0) is 56.4 Å². The van der Waals surface area contributed by atoms with E-state index in [1.54, 1.807) is 0 Å². The molecule has 1 aromatic carbocycles. The minimum atomic E-state index is -0.253. The van der Waals surface area contributed by atoms with Crippen molar-refractivity contribution < 1.29 is 14.4 Å². The number of benzene rings is 1. The van der Waals surface area contributed by atoms with Gasteiger partial charge in [0.25, 0.3) is 0 Å². The van der Waals surface area contributed by atoms with Gasteiger partial charge in [0.05, 0.1) is 6.54 Å². The van der Waals surface area contributed by atoms with Gasteiger partial charge >= 0.3 is 6.03 Å². The summed E-state index contributed by atoms with van der Waals surface area (Å²) in [6, 6.07) is 5.65. The highest BCUT2D eigenvalue weighted by Gasteiger charge is 2.30. The van der Waals surface area contributed by atoms with E-state index in [0.29, 0.717) is 31.6 Å². The molecule has 2 fully saturated rings. The summed E-state index contributed by atoms with van der Waals surface area (Å²) < 4.78 is 0.980. The van der Waals surface area contributed by atoms with Crippen molar-refractivity contribution in [1.29, 1.82) is 0 Å². The lowest BCUT2D eigenvalue weighted by Crippen LogP contribution is -2.48. The van der Waals surface area contributed by atoms with Crippen LogP contribution in [0.3, 0.4) is 0 Å². The van der Waals surface area contributed by atoms with Crippen molar-refractivity contribution in [2.45, 2.75) is 32.6 Å². The Balaban J connectivity index is 1.39. The smallest absolute Gasteiger partial charge is 0.319 e. The standard InChI is InChI=1S/C20H27BrN4O3/c1-14-12-16(4-5-17(14)21)23-18(26)13-22-19(27)15-6-10-25(11-7-15)20(28)24-8-2-3-9-24/h4-5,12,15H,2-3,6-11,13H2,1H3,(H,22,27)(H,23,26). The Morgan fingerprint density at radius 3 is 2.36 bits per heavy atom. The molecule has 28 heavy (non-hydrogen) atoms. The molecule has 0 aromatic heterocycles. The highest BCUT2D eigenvalue weighted by atomic mass is 79.9. The molecule has 2 aliphatic heterocycles. The number of urea groups is 1. The van der Waals surface area contributed by atoms with Crippen LogP contribution in [-0.4, -0.2) is 60.4 Å². The minimum absolute atomic E-state index is 0.0547. The Labute approximate surface area is 174 Å². The number of carbonyl (C=O) groups excluding carboxylic acids is 3. The molecule has 7 nitrogen and oxygen atoms in total. The van der Waals surface area contributed by atoms with E-state index < -0.39 is 0 Å². The number of nitrogens with zero attached hydrogens (tertiary/aromatic N) is 2. The first kappa shape index (κ1) is 20.6. The third kappa shape index (κ3) is 5.25. The fourth-order valence-electron chi connectivity index (χ4n) is 3.68. The average Bonchev–Trinajstić information content (AvgIpc) is 3.23. The highest BCUT2D eigenvalue weighted by molar-refractivity contribution is 9.10. The molecular weight excluding hydrogens is 424 g/mol. The summed E-state index contributed by atoms with van der Waals surface area (Å²) in [5.74, 6) is -0.516. The third-order valence-corrected chi connectivity index (χ3v) is 6.27. The Hall–Kier alpha value is -2.09. The van der Waals surface area contributed by atoms with Crippen LogP contribution in [0.5, 0.6) is 0 Å². The maximum absolute atomic E-state index is 12.4. The Morgan fingerprint density at radius 1 is 1.07 bits per heavy atom. The predicted molar refractivity (Wildman–Crippen MR) is 111 cm³/mol. The largest absolute Gasteiger partial charge is 0.347 e. The SMILES string of the molecule is Cc1cc(NC(=O)CNC(=O)C2CCN(C(=O)N3CCCC3)CC2)ccc1Br. The molecule has 2 N–H and O–H groups in total. The van der Waals surface area contributed by atoms with Crippen molar-refractivity contribution in [3.8, 4) is 0 Å².